The van der Waals surface area contributed by atoms with E-state index in [2.05, 4.69) is 0 Å². The summed E-state index contributed by atoms with van der Waals surface area (Å²) < 4.78 is 5.76. The van der Waals surface area contributed by atoms with Gasteiger partial charge in [-0.25, -0.2) is 0 Å². The number of hydrogen-bond donors (Lipinski definition) is 2. The molecule has 0 radical (unpaired) electrons. The average Bonchev–Trinajstić information content (AvgIpc) is 2.78. The molecular formula is C17H15NO3. The van der Waals surface area contributed by atoms with Crippen LogP contribution < -0.4 is 10.5 Å². The molecule has 0 bridgehead atoms. The normalized spacial score (nSPS) is 28.9. The summed E-state index contributed by atoms with van der Waals surface area (Å²) in [6.07, 6.45) is 0. The minimum Gasteiger partial charge on any atom is -0.455 e. The molecular weight excluding hydrogens is 266 g/mol. The van der Waals surface area contributed by atoms with Crippen LogP contribution in [-0.4, -0.2) is 10.9 Å². The number of ketones is 1. The van der Waals surface area contributed by atoms with Crippen LogP contribution in [0.25, 0.3) is 0 Å². The molecule has 2 unspecified atom stereocenters. The molecule has 2 aromatic rings. The van der Waals surface area contributed by atoms with E-state index in [0.717, 1.165) is 11.1 Å². The fourth-order valence-corrected chi connectivity index (χ4v) is 3.34. The third-order valence-electron chi connectivity index (χ3n) is 4.71. The van der Waals surface area contributed by atoms with Crippen molar-refractivity contribution in [1.29, 1.82) is 0 Å². The Bertz CT molecular complexity index is 814. The van der Waals surface area contributed by atoms with Gasteiger partial charge in [0.25, 0.3) is 5.79 Å². The van der Waals surface area contributed by atoms with E-state index in [-0.39, 0.29) is 5.78 Å². The number of benzene rings is 2. The summed E-state index contributed by atoms with van der Waals surface area (Å²) >= 11 is 0. The third kappa shape index (κ3) is 1.21. The number of Topliss-reactive ketones (excluding diaryl/α,β-unsaturated/α-hetero) is 1. The first-order valence-corrected chi connectivity index (χ1v) is 6.86. The van der Waals surface area contributed by atoms with Crippen LogP contribution >= 0.6 is 0 Å². The van der Waals surface area contributed by atoms with E-state index in [0.29, 0.717) is 22.4 Å². The Morgan fingerprint density at radius 2 is 1.76 bits per heavy atom. The van der Waals surface area contributed by atoms with Crippen LogP contribution in [0.2, 0.25) is 0 Å². The van der Waals surface area contributed by atoms with Gasteiger partial charge in [-0.15, -0.1) is 0 Å². The van der Waals surface area contributed by atoms with E-state index < -0.39 is 11.3 Å². The summed E-state index contributed by atoms with van der Waals surface area (Å²) in [5, 5.41) is 11.0. The molecule has 4 heteroatoms. The van der Waals surface area contributed by atoms with Crippen LogP contribution in [-0.2, 0) is 11.3 Å². The Balaban J connectivity index is 2.06. The summed E-state index contributed by atoms with van der Waals surface area (Å²) in [5.74, 6) is -1.66. The molecule has 106 valence electrons. The minimum atomic E-state index is -1.83. The molecule has 1 aliphatic heterocycles. The highest BCUT2D eigenvalue weighted by atomic mass is 16.6. The number of aliphatic hydroxyl groups is 1. The van der Waals surface area contributed by atoms with Crippen LogP contribution in [0.5, 0.6) is 5.75 Å². The first kappa shape index (κ1) is 12.6. The van der Waals surface area contributed by atoms with E-state index in [9.17, 15) is 9.90 Å². The topological polar surface area (TPSA) is 72.6 Å². The number of carbonyl (C=O) groups is 1. The zero-order chi connectivity index (χ0) is 15.0. The second kappa shape index (κ2) is 3.53. The van der Waals surface area contributed by atoms with Crippen LogP contribution in [0.4, 0.5) is 0 Å². The largest absolute Gasteiger partial charge is 0.455 e. The van der Waals surface area contributed by atoms with Crippen molar-refractivity contribution < 1.29 is 14.6 Å². The van der Waals surface area contributed by atoms with Gasteiger partial charge >= 0.3 is 0 Å². The second-order valence-corrected chi connectivity index (χ2v) is 5.86. The van der Waals surface area contributed by atoms with Gasteiger partial charge in [-0.2, -0.15) is 0 Å². The van der Waals surface area contributed by atoms with E-state index in [1.807, 2.05) is 26.0 Å². The van der Waals surface area contributed by atoms with Crippen LogP contribution in [0.1, 0.15) is 32.6 Å². The lowest BCUT2D eigenvalue weighted by Crippen LogP contribution is -2.55. The third-order valence-corrected chi connectivity index (χ3v) is 4.71. The quantitative estimate of drug-likeness (QED) is 0.773. The van der Waals surface area contributed by atoms with Gasteiger partial charge in [0.05, 0.1) is 0 Å². The molecule has 0 amide bonds. The monoisotopic (exact) mass is 281 g/mol. The van der Waals surface area contributed by atoms with Gasteiger partial charge in [0.15, 0.2) is 11.3 Å². The highest BCUT2D eigenvalue weighted by molar-refractivity contribution is 6.10. The number of nitrogens with two attached hydrogens (primary N) is 1. The van der Waals surface area contributed by atoms with Crippen molar-refractivity contribution >= 4 is 5.78 Å². The summed E-state index contributed by atoms with van der Waals surface area (Å²) in [6, 6.07) is 10.5. The van der Waals surface area contributed by atoms with E-state index in [1.54, 1.807) is 24.3 Å². The van der Waals surface area contributed by atoms with Crippen molar-refractivity contribution in [1.82, 2.24) is 0 Å². The molecule has 0 fully saturated rings. The second-order valence-electron chi connectivity index (χ2n) is 5.86. The van der Waals surface area contributed by atoms with Gasteiger partial charge in [0.1, 0.15) is 5.75 Å². The number of ether oxygens (including phenoxy) is 1. The summed E-state index contributed by atoms with van der Waals surface area (Å²) in [6.45, 7) is 3.90. The lowest BCUT2D eigenvalue weighted by atomic mass is 9.83. The fraction of sp³-hybridized carbons (Fsp3) is 0.235. The number of hydrogen-bond acceptors (Lipinski definition) is 4. The standard InChI is InChI=1S/C17H15NO3/c1-9-7-13-14(8-10(9)2)21-17(20)12-6-4-3-5-11(12)15(19)16(13,17)18/h3-8,20H,18H2,1-2H3. The SMILES string of the molecule is Cc1cc2c(cc1C)C1(N)C(=O)c3ccccc3C1(O)O2. The summed E-state index contributed by atoms with van der Waals surface area (Å²) in [4.78, 5) is 12.8. The van der Waals surface area contributed by atoms with Crippen molar-refractivity contribution in [2.45, 2.75) is 25.2 Å². The molecule has 2 aliphatic rings. The summed E-state index contributed by atoms with van der Waals surface area (Å²) in [5.41, 5.74) is 8.27. The molecule has 0 spiro atoms. The van der Waals surface area contributed by atoms with Crippen LogP contribution in [0, 0.1) is 13.8 Å². The molecule has 4 nitrogen and oxygen atoms in total. The van der Waals surface area contributed by atoms with Crippen molar-refractivity contribution in [3.63, 3.8) is 0 Å². The maximum atomic E-state index is 12.8. The van der Waals surface area contributed by atoms with Crippen molar-refractivity contribution in [3.05, 3.63) is 64.2 Å². The van der Waals surface area contributed by atoms with Gasteiger partial charge in [0.2, 0.25) is 0 Å². The zero-order valence-corrected chi connectivity index (χ0v) is 11.8. The Morgan fingerprint density at radius 1 is 1.10 bits per heavy atom. The smallest absolute Gasteiger partial charge is 0.265 e. The Kier molecular flexibility index (Phi) is 2.11. The van der Waals surface area contributed by atoms with E-state index in [4.69, 9.17) is 10.5 Å². The lowest BCUT2D eigenvalue weighted by Gasteiger charge is -2.29. The Hall–Kier alpha value is -2.17. The fourth-order valence-electron chi connectivity index (χ4n) is 3.34. The predicted molar refractivity (Wildman–Crippen MR) is 77.1 cm³/mol. The number of fused-ring (bicyclic) bond motifs is 5. The molecule has 0 aromatic heterocycles. The van der Waals surface area contributed by atoms with Gasteiger partial charge in [0, 0.05) is 16.7 Å². The molecule has 1 heterocycles. The highest BCUT2D eigenvalue weighted by Crippen LogP contribution is 2.56. The zero-order valence-electron chi connectivity index (χ0n) is 11.8. The van der Waals surface area contributed by atoms with Gasteiger partial charge in [-0.3, -0.25) is 4.79 Å². The lowest BCUT2D eigenvalue weighted by molar-refractivity contribution is -0.162. The highest BCUT2D eigenvalue weighted by Gasteiger charge is 2.68. The van der Waals surface area contributed by atoms with Crippen LogP contribution in [0.3, 0.4) is 0 Å². The summed E-state index contributed by atoms with van der Waals surface area (Å²) in [7, 11) is 0. The molecule has 0 saturated heterocycles. The maximum Gasteiger partial charge on any atom is 0.265 e. The number of carbonyl (C=O) groups excluding carboxylic acids is 1. The van der Waals surface area contributed by atoms with Crippen molar-refractivity contribution in [2.75, 3.05) is 0 Å². The average molecular weight is 281 g/mol. The van der Waals surface area contributed by atoms with Gasteiger partial charge < -0.3 is 15.6 Å². The van der Waals surface area contributed by atoms with E-state index >= 15 is 0 Å². The molecule has 0 saturated carbocycles. The molecule has 2 aromatic carbocycles. The first-order valence-electron chi connectivity index (χ1n) is 6.86. The predicted octanol–water partition coefficient (Wildman–Crippen LogP) is 1.89. The molecule has 4 rings (SSSR count). The molecule has 1 aliphatic carbocycles. The van der Waals surface area contributed by atoms with Crippen molar-refractivity contribution in [3.8, 4) is 5.75 Å². The molecule has 21 heavy (non-hydrogen) atoms. The van der Waals surface area contributed by atoms with E-state index in [1.165, 1.54) is 0 Å². The van der Waals surface area contributed by atoms with Crippen molar-refractivity contribution in [2.24, 2.45) is 5.73 Å². The van der Waals surface area contributed by atoms with Gasteiger partial charge in [-0.05, 0) is 37.1 Å². The molecule has 2 atom stereocenters. The first-order chi connectivity index (χ1) is 9.89. The molecule has 3 N–H and O–H groups in total. The van der Waals surface area contributed by atoms with Crippen LogP contribution in [0.15, 0.2) is 36.4 Å². The number of rotatable bonds is 0. The Morgan fingerprint density at radius 3 is 2.52 bits per heavy atom. The maximum absolute atomic E-state index is 12.8. The van der Waals surface area contributed by atoms with Gasteiger partial charge in [-0.1, -0.05) is 24.3 Å². The number of aryl methyl sites for hydroxylation is 2. The minimum absolute atomic E-state index is 0.303. The Labute approximate surface area is 122 Å².